The highest BCUT2D eigenvalue weighted by atomic mass is 16.5. The zero-order chi connectivity index (χ0) is 15.1. The maximum absolute atomic E-state index is 11.4. The van der Waals surface area contributed by atoms with Gasteiger partial charge >= 0.3 is 5.97 Å². The molecular weight excluding hydrogens is 264 g/mol. The van der Waals surface area contributed by atoms with E-state index >= 15 is 0 Å². The van der Waals surface area contributed by atoms with Crippen molar-refractivity contribution in [1.82, 2.24) is 0 Å². The molecule has 0 aliphatic carbocycles. The van der Waals surface area contributed by atoms with Crippen molar-refractivity contribution in [3.05, 3.63) is 42.0 Å². The third-order valence-electron chi connectivity index (χ3n) is 3.60. The first-order valence-corrected chi connectivity index (χ1v) is 7.62. The second kappa shape index (κ2) is 7.67. The molecule has 0 unspecified atom stereocenters. The van der Waals surface area contributed by atoms with E-state index in [1.54, 1.807) is 6.07 Å². The fraction of sp³-hybridized carbons (Fsp3) is 0.389. The van der Waals surface area contributed by atoms with Crippen LogP contribution in [0.1, 0.15) is 49.4 Å². The third kappa shape index (κ3) is 3.97. The van der Waals surface area contributed by atoms with Crippen molar-refractivity contribution in [3.63, 3.8) is 0 Å². The van der Waals surface area contributed by atoms with Crippen LogP contribution in [-0.2, 0) is 0 Å². The first kappa shape index (κ1) is 15.4. The molecule has 0 aromatic heterocycles. The first-order valence-electron chi connectivity index (χ1n) is 7.62. The molecule has 0 fully saturated rings. The predicted molar refractivity (Wildman–Crippen MR) is 85.2 cm³/mol. The number of unbranched alkanes of at least 4 members (excludes halogenated alkanes) is 4. The van der Waals surface area contributed by atoms with Crippen LogP contribution in [0, 0.1) is 0 Å². The molecular formula is C18H22O3. The Labute approximate surface area is 125 Å². The van der Waals surface area contributed by atoms with E-state index in [9.17, 15) is 9.90 Å². The first-order chi connectivity index (χ1) is 10.2. The number of rotatable bonds is 8. The molecule has 0 bridgehead atoms. The number of hydrogen-bond donors (Lipinski definition) is 1. The Hall–Kier alpha value is -2.03. The van der Waals surface area contributed by atoms with Crippen molar-refractivity contribution < 1.29 is 14.6 Å². The van der Waals surface area contributed by atoms with E-state index in [2.05, 4.69) is 6.92 Å². The molecule has 2 rings (SSSR count). The molecule has 1 N–H and O–H groups in total. The van der Waals surface area contributed by atoms with Crippen molar-refractivity contribution >= 4 is 16.7 Å². The van der Waals surface area contributed by atoms with E-state index in [-0.39, 0.29) is 5.56 Å². The summed E-state index contributed by atoms with van der Waals surface area (Å²) in [6, 6.07) is 11.2. The van der Waals surface area contributed by atoms with Gasteiger partial charge in [-0.15, -0.1) is 0 Å². The van der Waals surface area contributed by atoms with E-state index in [1.807, 2.05) is 30.3 Å². The van der Waals surface area contributed by atoms with Gasteiger partial charge in [0.05, 0.1) is 6.61 Å². The molecule has 0 saturated heterocycles. The Morgan fingerprint density at radius 2 is 1.81 bits per heavy atom. The maximum Gasteiger partial charge on any atom is 0.339 e. The second-order valence-corrected chi connectivity index (χ2v) is 5.23. The zero-order valence-electron chi connectivity index (χ0n) is 12.5. The molecule has 0 aliphatic heterocycles. The van der Waals surface area contributed by atoms with Gasteiger partial charge in [0.25, 0.3) is 0 Å². The van der Waals surface area contributed by atoms with Crippen LogP contribution >= 0.6 is 0 Å². The molecule has 0 radical (unpaired) electrons. The van der Waals surface area contributed by atoms with Crippen LogP contribution < -0.4 is 4.74 Å². The summed E-state index contributed by atoms with van der Waals surface area (Å²) in [5.41, 5.74) is 0.238. The zero-order valence-corrected chi connectivity index (χ0v) is 12.5. The summed E-state index contributed by atoms with van der Waals surface area (Å²) in [7, 11) is 0. The second-order valence-electron chi connectivity index (χ2n) is 5.23. The van der Waals surface area contributed by atoms with Gasteiger partial charge in [0, 0.05) is 5.39 Å². The van der Waals surface area contributed by atoms with Crippen LogP contribution in [0.2, 0.25) is 0 Å². The van der Waals surface area contributed by atoms with E-state index < -0.39 is 5.97 Å². The van der Waals surface area contributed by atoms with Gasteiger partial charge in [-0.1, -0.05) is 62.9 Å². The lowest BCUT2D eigenvalue weighted by Gasteiger charge is -2.12. The molecule has 3 nitrogen and oxygen atoms in total. The average Bonchev–Trinajstić information content (AvgIpc) is 2.50. The fourth-order valence-electron chi connectivity index (χ4n) is 2.45. The SMILES string of the molecule is CCCCCCCOc1c(C(=O)O)ccc2ccccc12. The van der Waals surface area contributed by atoms with Crippen molar-refractivity contribution in [1.29, 1.82) is 0 Å². The van der Waals surface area contributed by atoms with Crippen LogP contribution in [0.3, 0.4) is 0 Å². The molecule has 0 aliphatic rings. The number of carboxylic acids is 1. The van der Waals surface area contributed by atoms with E-state index in [0.29, 0.717) is 12.4 Å². The van der Waals surface area contributed by atoms with Crippen molar-refractivity contribution in [3.8, 4) is 5.75 Å². The van der Waals surface area contributed by atoms with Gasteiger partial charge in [-0.05, 0) is 17.9 Å². The van der Waals surface area contributed by atoms with Gasteiger partial charge in [-0.3, -0.25) is 0 Å². The van der Waals surface area contributed by atoms with Gasteiger partial charge in [0.1, 0.15) is 11.3 Å². The number of carboxylic acid groups (broad SMARTS) is 1. The average molecular weight is 286 g/mol. The summed E-state index contributed by atoms with van der Waals surface area (Å²) < 4.78 is 5.81. The molecule has 0 spiro atoms. The number of carbonyl (C=O) groups is 1. The Balaban J connectivity index is 2.12. The largest absolute Gasteiger partial charge is 0.492 e. The van der Waals surface area contributed by atoms with Crippen LogP contribution in [0.15, 0.2) is 36.4 Å². The van der Waals surface area contributed by atoms with E-state index in [0.717, 1.165) is 23.6 Å². The Morgan fingerprint density at radius 3 is 2.57 bits per heavy atom. The number of ether oxygens (including phenoxy) is 1. The normalized spacial score (nSPS) is 10.7. The lowest BCUT2D eigenvalue weighted by molar-refractivity contribution is 0.0692. The minimum absolute atomic E-state index is 0.238. The summed E-state index contributed by atoms with van der Waals surface area (Å²) in [6.07, 6.45) is 5.76. The van der Waals surface area contributed by atoms with Crippen molar-refractivity contribution in [2.75, 3.05) is 6.61 Å². The molecule has 0 atom stereocenters. The topological polar surface area (TPSA) is 46.5 Å². The number of aromatic carboxylic acids is 1. The molecule has 3 heteroatoms. The molecule has 112 valence electrons. The fourth-order valence-corrected chi connectivity index (χ4v) is 2.45. The summed E-state index contributed by atoms with van der Waals surface area (Å²) in [5, 5.41) is 11.2. The summed E-state index contributed by atoms with van der Waals surface area (Å²) in [6.45, 7) is 2.75. The maximum atomic E-state index is 11.4. The lowest BCUT2D eigenvalue weighted by Crippen LogP contribution is -2.05. The van der Waals surface area contributed by atoms with Crippen molar-refractivity contribution in [2.24, 2.45) is 0 Å². The minimum atomic E-state index is -0.943. The molecule has 0 saturated carbocycles. The van der Waals surface area contributed by atoms with Crippen LogP contribution in [0.25, 0.3) is 10.8 Å². The Bertz CT molecular complexity index is 604. The molecule has 2 aromatic carbocycles. The van der Waals surface area contributed by atoms with Crippen LogP contribution in [-0.4, -0.2) is 17.7 Å². The Kier molecular flexibility index (Phi) is 5.61. The molecule has 0 amide bonds. The van der Waals surface area contributed by atoms with Gasteiger partial charge in [0.2, 0.25) is 0 Å². The summed E-state index contributed by atoms with van der Waals surface area (Å²) in [4.78, 5) is 11.4. The highest BCUT2D eigenvalue weighted by molar-refractivity contribution is 6.00. The number of hydrogen-bond acceptors (Lipinski definition) is 2. The van der Waals surface area contributed by atoms with Gasteiger partial charge < -0.3 is 9.84 Å². The molecule has 21 heavy (non-hydrogen) atoms. The van der Waals surface area contributed by atoms with Crippen LogP contribution in [0.4, 0.5) is 0 Å². The van der Waals surface area contributed by atoms with Crippen molar-refractivity contribution in [2.45, 2.75) is 39.0 Å². The molecule has 0 heterocycles. The highest BCUT2D eigenvalue weighted by Crippen LogP contribution is 2.30. The monoisotopic (exact) mass is 286 g/mol. The van der Waals surface area contributed by atoms with E-state index in [1.165, 1.54) is 19.3 Å². The van der Waals surface area contributed by atoms with Crippen LogP contribution in [0.5, 0.6) is 5.75 Å². The number of benzene rings is 2. The summed E-state index contributed by atoms with van der Waals surface area (Å²) >= 11 is 0. The minimum Gasteiger partial charge on any atom is -0.492 e. The van der Waals surface area contributed by atoms with Gasteiger partial charge in [-0.2, -0.15) is 0 Å². The van der Waals surface area contributed by atoms with Gasteiger partial charge in [0.15, 0.2) is 0 Å². The number of fused-ring (bicyclic) bond motifs is 1. The summed E-state index contributed by atoms with van der Waals surface area (Å²) in [5.74, 6) is -0.446. The lowest BCUT2D eigenvalue weighted by atomic mass is 10.1. The molecule has 2 aromatic rings. The Morgan fingerprint density at radius 1 is 1.05 bits per heavy atom. The standard InChI is InChI=1S/C18H22O3/c1-2-3-4-5-8-13-21-17-15-10-7-6-9-14(15)11-12-16(17)18(19)20/h6-7,9-12H,2-5,8,13H2,1H3,(H,19,20). The van der Waals surface area contributed by atoms with E-state index in [4.69, 9.17) is 4.74 Å². The quantitative estimate of drug-likeness (QED) is 0.703. The third-order valence-corrected chi connectivity index (χ3v) is 3.60. The predicted octanol–water partition coefficient (Wildman–Crippen LogP) is 4.89. The highest BCUT2D eigenvalue weighted by Gasteiger charge is 2.14. The van der Waals surface area contributed by atoms with Gasteiger partial charge in [-0.25, -0.2) is 4.79 Å². The smallest absolute Gasteiger partial charge is 0.339 e.